The lowest BCUT2D eigenvalue weighted by Crippen LogP contribution is -2.05. The lowest BCUT2D eigenvalue weighted by Gasteiger charge is -2.01. The van der Waals surface area contributed by atoms with Gasteiger partial charge in [-0.25, -0.2) is 4.79 Å². The Bertz CT molecular complexity index is 268. The summed E-state index contributed by atoms with van der Waals surface area (Å²) in [5.41, 5.74) is 0. The van der Waals surface area contributed by atoms with Crippen LogP contribution in [0.25, 0.3) is 0 Å². The van der Waals surface area contributed by atoms with Crippen LogP contribution in [-0.2, 0) is 19.1 Å². The van der Waals surface area contributed by atoms with Gasteiger partial charge < -0.3 is 4.74 Å². The molecule has 0 amide bonds. The number of Topliss-reactive ketones (excluding diaryl/α,β-unsaturated/α-hetero) is 2. The van der Waals surface area contributed by atoms with E-state index in [0.29, 0.717) is 13.0 Å². The van der Waals surface area contributed by atoms with Crippen LogP contribution in [-0.4, -0.2) is 24.1 Å². The molecular weight excluding hydrogens is 208 g/mol. The van der Waals surface area contributed by atoms with E-state index in [-0.39, 0.29) is 18.0 Å². The van der Waals surface area contributed by atoms with Crippen molar-refractivity contribution in [1.82, 2.24) is 0 Å². The van der Waals surface area contributed by atoms with E-state index in [9.17, 15) is 14.4 Å². The van der Waals surface area contributed by atoms with Gasteiger partial charge in [0.25, 0.3) is 0 Å². The number of rotatable bonds is 9. The zero-order valence-corrected chi connectivity index (χ0v) is 9.66. The van der Waals surface area contributed by atoms with Gasteiger partial charge in [-0.2, -0.15) is 0 Å². The molecule has 4 heteroatoms. The number of carbonyl (C=O) groups excluding carboxylic acids is 3. The van der Waals surface area contributed by atoms with Crippen molar-refractivity contribution in [3.63, 3.8) is 0 Å². The summed E-state index contributed by atoms with van der Waals surface area (Å²) in [4.78, 5) is 32.4. The fourth-order valence-corrected chi connectivity index (χ4v) is 1.20. The van der Waals surface area contributed by atoms with E-state index in [2.05, 4.69) is 6.58 Å². The molecule has 4 nitrogen and oxygen atoms in total. The second-order valence-electron chi connectivity index (χ2n) is 3.60. The molecule has 0 bridgehead atoms. The molecule has 0 saturated carbocycles. The highest BCUT2D eigenvalue weighted by Gasteiger charge is 2.04. The highest BCUT2D eigenvalue weighted by molar-refractivity contribution is 5.97. The lowest BCUT2D eigenvalue weighted by atomic mass is 10.1. The molecule has 0 radical (unpaired) electrons. The molecule has 0 spiro atoms. The first-order valence-electron chi connectivity index (χ1n) is 5.36. The van der Waals surface area contributed by atoms with E-state index >= 15 is 0 Å². The van der Waals surface area contributed by atoms with Crippen LogP contribution in [0, 0.1) is 0 Å². The Morgan fingerprint density at radius 2 is 1.88 bits per heavy atom. The molecule has 0 aliphatic heterocycles. The van der Waals surface area contributed by atoms with Crippen molar-refractivity contribution >= 4 is 17.5 Å². The minimum atomic E-state index is -0.423. The van der Waals surface area contributed by atoms with Gasteiger partial charge in [-0.15, -0.1) is 0 Å². The summed E-state index contributed by atoms with van der Waals surface area (Å²) in [5.74, 6) is -0.534. The quantitative estimate of drug-likeness (QED) is 0.260. The summed E-state index contributed by atoms with van der Waals surface area (Å²) >= 11 is 0. The van der Waals surface area contributed by atoms with Gasteiger partial charge in [0.2, 0.25) is 0 Å². The van der Waals surface area contributed by atoms with Gasteiger partial charge in [0, 0.05) is 12.5 Å². The van der Waals surface area contributed by atoms with Crippen molar-refractivity contribution in [2.75, 3.05) is 6.61 Å². The minimum absolute atomic E-state index is 0.0180. The standard InChI is InChI=1S/C12H18O4/c1-3-12(15)16-8-6-4-5-7-11(14)9-10(2)13/h3H,1,4-9H2,2H3. The molecule has 0 N–H and O–H groups in total. The number of carbonyl (C=O) groups is 3. The summed E-state index contributed by atoms with van der Waals surface area (Å²) in [6.45, 7) is 5.04. The SMILES string of the molecule is C=CC(=O)OCCCCCC(=O)CC(C)=O. The van der Waals surface area contributed by atoms with Gasteiger partial charge in [-0.1, -0.05) is 6.58 Å². The molecular formula is C12H18O4. The highest BCUT2D eigenvalue weighted by Crippen LogP contribution is 2.03. The fourth-order valence-electron chi connectivity index (χ4n) is 1.20. The van der Waals surface area contributed by atoms with Crippen LogP contribution in [0.2, 0.25) is 0 Å². The van der Waals surface area contributed by atoms with Gasteiger partial charge in [-0.05, 0) is 26.2 Å². The van der Waals surface area contributed by atoms with Crippen LogP contribution in [0.15, 0.2) is 12.7 Å². The van der Waals surface area contributed by atoms with Gasteiger partial charge in [0.15, 0.2) is 0 Å². The first kappa shape index (κ1) is 14.6. The Balaban J connectivity index is 3.33. The molecule has 16 heavy (non-hydrogen) atoms. The van der Waals surface area contributed by atoms with Gasteiger partial charge in [0.1, 0.15) is 11.6 Å². The average Bonchev–Trinajstić information content (AvgIpc) is 2.21. The molecule has 0 aromatic heterocycles. The van der Waals surface area contributed by atoms with Crippen molar-refractivity contribution in [3.05, 3.63) is 12.7 Å². The molecule has 0 rings (SSSR count). The maximum absolute atomic E-state index is 11.1. The number of ketones is 2. The van der Waals surface area contributed by atoms with Crippen LogP contribution in [0.4, 0.5) is 0 Å². The molecule has 0 aromatic carbocycles. The molecule has 0 fully saturated rings. The predicted octanol–water partition coefficient (Wildman–Crippen LogP) is 1.82. The van der Waals surface area contributed by atoms with E-state index in [1.165, 1.54) is 6.92 Å². The average molecular weight is 226 g/mol. The highest BCUT2D eigenvalue weighted by atomic mass is 16.5. The fraction of sp³-hybridized carbons (Fsp3) is 0.583. The van der Waals surface area contributed by atoms with Crippen molar-refractivity contribution in [2.24, 2.45) is 0 Å². The smallest absolute Gasteiger partial charge is 0.330 e. The van der Waals surface area contributed by atoms with Crippen molar-refractivity contribution in [3.8, 4) is 0 Å². The molecule has 0 aliphatic carbocycles. The summed E-state index contributed by atoms with van der Waals surface area (Å²) in [6, 6.07) is 0. The van der Waals surface area contributed by atoms with E-state index in [4.69, 9.17) is 4.74 Å². The molecule has 90 valence electrons. The van der Waals surface area contributed by atoms with E-state index in [1.807, 2.05) is 0 Å². The first-order chi connectivity index (χ1) is 7.56. The Kier molecular flexibility index (Phi) is 8.03. The third-order valence-corrected chi connectivity index (χ3v) is 1.96. The predicted molar refractivity (Wildman–Crippen MR) is 59.9 cm³/mol. The Hall–Kier alpha value is -1.45. The summed E-state index contributed by atoms with van der Waals surface area (Å²) in [7, 11) is 0. The summed E-state index contributed by atoms with van der Waals surface area (Å²) in [6.07, 6.45) is 3.86. The third-order valence-electron chi connectivity index (χ3n) is 1.96. The second-order valence-corrected chi connectivity index (χ2v) is 3.60. The van der Waals surface area contributed by atoms with Crippen LogP contribution in [0.3, 0.4) is 0 Å². The number of hydrogen-bond donors (Lipinski definition) is 0. The number of unbranched alkanes of at least 4 members (excludes halogenated alkanes) is 2. The van der Waals surface area contributed by atoms with Gasteiger partial charge in [-0.3, -0.25) is 9.59 Å². The number of esters is 1. The summed E-state index contributed by atoms with van der Waals surface area (Å²) in [5, 5.41) is 0. The second kappa shape index (κ2) is 8.83. The van der Waals surface area contributed by atoms with Gasteiger partial charge >= 0.3 is 5.97 Å². The first-order valence-corrected chi connectivity index (χ1v) is 5.36. The van der Waals surface area contributed by atoms with E-state index in [1.54, 1.807) is 0 Å². The maximum Gasteiger partial charge on any atom is 0.330 e. The van der Waals surface area contributed by atoms with E-state index in [0.717, 1.165) is 25.3 Å². The minimum Gasteiger partial charge on any atom is -0.463 e. The Labute approximate surface area is 95.7 Å². The zero-order chi connectivity index (χ0) is 12.4. The van der Waals surface area contributed by atoms with Crippen LogP contribution in [0.5, 0.6) is 0 Å². The maximum atomic E-state index is 11.1. The normalized spacial score (nSPS) is 9.56. The van der Waals surface area contributed by atoms with Gasteiger partial charge in [0.05, 0.1) is 13.0 Å². The molecule has 0 heterocycles. The Morgan fingerprint density at radius 1 is 1.19 bits per heavy atom. The summed E-state index contributed by atoms with van der Waals surface area (Å²) < 4.78 is 4.77. The van der Waals surface area contributed by atoms with Crippen molar-refractivity contribution in [1.29, 1.82) is 0 Å². The number of ether oxygens (including phenoxy) is 1. The molecule has 0 atom stereocenters. The van der Waals surface area contributed by atoms with Crippen molar-refractivity contribution < 1.29 is 19.1 Å². The Morgan fingerprint density at radius 3 is 2.44 bits per heavy atom. The van der Waals surface area contributed by atoms with E-state index < -0.39 is 5.97 Å². The van der Waals surface area contributed by atoms with Crippen LogP contribution in [0.1, 0.15) is 39.0 Å². The van der Waals surface area contributed by atoms with Crippen molar-refractivity contribution in [2.45, 2.75) is 39.0 Å². The lowest BCUT2D eigenvalue weighted by molar-refractivity contribution is -0.138. The zero-order valence-electron chi connectivity index (χ0n) is 9.66. The van der Waals surface area contributed by atoms with Crippen LogP contribution < -0.4 is 0 Å². The van der Waals surface area contributed by atoms with Crippen LogP contribution >= 0.6 is 0 Å². The molecule has 0 saturated heterocycles. The molecule has 0 unspecified atom stereocenters. The monoisotopic (exact) mass is 226 g/mol. The largest absolute Gasteiger partial charge is 0.463 e. The topological polar surface area (TPSA) is 60.4 Å². The number of hydrogen-bond acceptors (Lipinski definition) is 4. The molecule has 0 aliphatic rings. The third kappa shape index (κ3) is 9.12. The molecule has 0 aromatic rings.